The summed E-state index contributed by atoms with van der Waals surface area (Å²) < 4.78 is 42.0. The zero-order valence-corrected chi connectivity index (χ0v) is 16.6. The van der Waals surface area contributed by atoms with Crippen molar-refractivity contribution in [3.8, 4) is 5.69 Å². The van der Waals surface area contributed by atoms with Gasteiger partial charge in [-0.05, 0) is 43.3 Å². The summed E-state index contributed by atoms with van der Waals surface area (Å²) in [5.74, 6) is -0.418. The van der Waals surface area contributed by atoms with E-state index in [0.29, 0.717) is 5.69 Å². The molecule has 0 aliphatic carbocycles. The van der Waals surface area contributed by atoms with Gasteiger partial charge in [-0.25, -0.2) is 4.68 Å². The number of amides is 1. The first-order valence-electron chi connectivity index (χ1n) is 8.81. The van der Waals surface area contributed by atoms with Gasteiger partial charge in [0.25, 0.3) is 5.91 Å². The molecule has 30 heavy (non-hydrogen) atoms. The first-order valence-corrected chi connectivity index (χ1v) is 9.19. The zero-order chi connectivity index (χ0) is 21.6. The van der Waals surface area contributed by atoms with Gasteiger partial charge in [0.15, 0.2) is 5.69 Å². The van der Waals surface area contributed by atoms with Crippen molar-refractivity contribution in [2.24, 2.45) is 7.05 Å². The van der Waals surface area contributed by atoms with Crippen molar-refractivity contribution in [2.75, 3.05) is 5.32 Å². The van der Waals surface area contributed by atoms with Gasteiger partial charge in [-0.3, -0.25) is 9.48 Å². The molecule has 0 aliphatic heterocycles. The van der Waals surface area contributed by atoms with E-state index in [2.05, 4.69) is 15.5 Å². The van der Waals surface area contributed by atoms with E-state index in [1.165, 1.54) is 13.0 Å². The fraction of sp³-hybridized carbons (Fsp3) is 0.150. The van der Waals surface area contributed by atoms with Crippen LogP contribution in [0, 0.1) is 6.92 Å². The van der Waals surface area contributed by atoms with Crippen molar-refractivity contribution < 1.29 is 18.0 Å². The average Bonchev–Trinajstić information content (AvgIpc) is 3.20. The third-order valence-corrected chi connectivity index (χ3v) is 5.00. The van der Waals surface area contributed by atoms with Crippen LogP contribution in [0.1, 0.15) is 21.7 Å². The number of fused-ring (bicyclic) bond motifs is 1. The molecule has 0 spiro atoms. The van der Waals surface area contributed by atoms with Crippen molar-refractivity contribution in [2.45, 2.75) is 13.1 Å². The highest BCUT2D eigenvalue weighted by molar-refractivity contribution is 6.32. The van der Waals surface area contributed by atoms with Crippen LogP contribution in [0.3, 0.4) is 0 Å². The Bertz CT molecular complexity index is 1280. The number of halogens is 4. The van der Waals surface area contributed by atoms with Gasteiger partial charge in [0.1, 0.15) is 0 Å². The van der Waals surface area contributed by atoms with Crippen LogP contribution < -0.4 is 5.32 Å². The quantitative estimate of drug-likeness (QED) is 0.495. The van der Waals surface area contributed by atoms with Crippen LogP contribution in [-0.2, 0) is 13.2 Å². The van der Waals surface area contributed by atoms with Gasteiger partial charge in [-0.2, -0.15) is 23.4 Å². The highest BCUT2D eigenvalue weighted by atomic mass is 35.5. The first kappa shape index (κ1) is 20.0. The van der Waals surface area contributed by atoms with E-state index in [9.17, 15) is 18.0 Å². The summed E-state index contributed by atoms with van der Waals surface area (Å²) in [4.78, 5) is 12.7. The molecular formula is C20H15ClF3N5O. The Hall–Kier alpha value is -3.33. The fourth-order valence-corrected chi connectivity index (χ4v) is 3.34. The Labute approximate surface area is 173 Å². The summed E-state index contributed by atoms with van der Waals surface area (Å²) in [6.07, 6.45) is -2.82. The molecule has 1 amide bonds. The summed E-state index contributed by atoms with van der Waals surface area (Å²) in [5, 5.41) is 11.1. The molecule has 2 aromatic carbocycles. The van der Waals surface area contributed by atoms with E-state index in [1.54, 1.807) is 42.1 Å². The molecule has 0 bridgehead atoms. The van der Waals surface area contributed by atoms with E-state index in [0.717, 1.165) is 15.6 Å². The number of hydrogen-bond donors (Lipinski definition) is 1. The molecule has 0 radical (unpaired) electrons. The average molecular weight is 434 g/mol. The van der Waals surface area contributed by atoms with Crippen LogP contribution in [0.5, 0.6) is 0 Å². The van der Waals surface area contributed by atoms with Gasteiger partial charge >= 0.3 is 6.18 Å². The molecule has 0 atom stereocenters. The zero-order valence-electron chi connectivity index (χ0n) is 15.8. The molecule has 0 aliphatic rings. The number of nitrogens with one attached hydrogen (secondary N) is 1. The number of alkyl halides is 3. The fourth-order valence-electron chi connectivity index (χ4n) is 3.12. The predicted octanol–water partition coefficient (Wildman–Crippen LogP) is 4.99. The topological polar surface area (TPSA) is 64.7 Å². The maximum atomic E-state index is 13.1. The van der Waals surface area contributed by atoms with Crippen LogP contribution >= 0.6 is 11.6 Å². The van der Waals surface area contributed by atoms with E-state index in [4.69, 9.17) is 11.6 Å². The molecule has 4 rings (SSSR count). The molecule has 0 saturated carbocycles. The standard InChI is InChI=1S/C20H15ClF3N5O/c1-11-17(21)18(20(22,23)24)27-29(11)15-5-3-4-12(8-15)19(30)25-14-7-6-13-10-28(2)26-16(13)9-14/h3-10H,1-2H3,(H,25,30). The van der Waals surface area contributed by atoms with Gasteiger partial charge in [0, 0.05) is 29.9 Å². The van der Waals surface area contributed by atoms with Gasteiger partial charge in [-0.15, -0.1) is 0 Å². The van der Waals surface area contributed by atoms with Crippen molar-refractivity contribution in [3.63, 3.8) is 0 Å². The molecular weight excluding hydrogens is 419 g/mol. The second kappa shape index (κ2) is 7.17. The predicted molar refractivity (Wildman–Crippen MR) is 107 cm³/mol. The second-order valence-corrected chi connectivity index (χ2v) is 7.12. The first-order chi connectivity index (χ1) is 14.1. The number of aryl methyl sites for hydroxylation is 1. The Balaban J connectivity index is 1.63. The van der Waals surface area contributed by atoms with E-state index >= 15 is 0 Å². The minimum absolute atomic E-state index is 0.127. The summed E-state index contributed by atoms with van der Waals surface area (Å²) in [5.41, 5.74) is 0.785. The van der Waals surface area contributed by atoms with Crippen LogP contribution in [-0.4, -0.2) is 25.5 Å². The number of aromatic nitrogens is 4. The van der Waals surface area contributed by atoms with Gasteiger partial charge < -0.3 is 5.32 Å². The lowest BCUT2D eigenvalue weighted by Crippen LogP contribution is -2.13. The smallest absolute Gasteiger partial charge is 0.322 e. The summed E-state index contributed by atoms with van der Waals surface area (Å²) >= 11 is 5.82. The molecule has 0 fully saturated rings. The monoisotopic (exact) mass is 433 g/mol. The maximum Gasteiger partial charge on any atom is 0.436 e. The maximum absolute atomic E-state index is 13.1. The van der Waals surface area contributed by atoms with Crippen LogP contribution in [0.25, 0.3) is 16.6 Å². The van der Waals surface area contributed by atoms with Crippen molar-refractivity contribution in [1.29, 1.82) is 0 Å². The molecule has 0 saturated heterocycles. The second-order valence-electron chi connectivity index (χ2n) is 6.74. The van der Waals surface area contributed by atoms with Crippen LogP contribution in [0.2, 0.25) is 5.02 Å². The van der Waals surface area contributed by atoms with E-state index in [1.807, 2.05) is 12.3 Å². The Morgan fingerprint density at radius 2 is 1.90 bits per heavy atom. The van der Waals surface area contributed by atoms with E-state index < -0.39 is 22.8 Å². The largest absolute Gasteiger partial charge is 0.436 e. The van der Waals surface area contributed by atoms with Crippen molar-refractivity contribution in [1.82, 2.24) is 19.6 Å². The third-order valence-electron chi connectivity index (χ3n) is 4.54. The molecule has 2 heterocycles. The van der Waals surface area contributed by atoms with Crippen LogP contribution in [0.15, 0.2) is 48.7 Å². The van der Waals surface area contributed by atoms with Gasteiger partial charge in [0.05, 0.1) is 21.9 Å². The highest BCUT2D eigenvalue weighted by Crippen LogP contribution is 2.36. The Morgan fingerprint density at radius 1 is 1.13 bits per heavy atom. The normalized spacial score (nSPS) is 11.8. The molecule has 2 aromatic heterocycles. The number of nitrogens with zero attached hydrogens (tertiary/aromatic N) is 4. The van der Waals surface area contributed by atoms with Gasteiger partial charge in [-0.1, -0.05) is 17.7 Å². The van der Waals surface area contributed by atoms with Crippen LogP contribution in [0.4, 0.5) is 18.9 Å². The minimum Gasteiger partial charge on any atom is -0.322 e. The number of carbonyl (C=O) groups excluding carboxylic acids is 1. The number of benzene rings is 2. The molecule has 10 heteroatoms. The minimum atomic E-state index is -4.67. The van der Waals surface area contributed by atoms with Crippen molar-refractivity contribution in [3.05, 3.63) is 70.6 Å². The van der Waals surface area contributed by atoms with E-state index in [-0.39, 0.29) is 16.9 Å². The highest BCUT2D eigenvalue weighted by Gasteiger charge is 2.38. The lowest BCUT2D eigenvalue weighted by Gasteiger charge is -2.09. The Morgan fingerprint density at radius 3 is 2.60 bits per heavy atom. The number of hydrogen-bond acceptors (Lipinski definition) is 3. The molecule has 0 unspecified atom stereocenters. The van der Waals surface area contributed by atoms with Crippen molar-refractivity contribution >= 4 is 34.1 Å². The molecule has 1 N–H and O–H groups in total. The molecule has 154 valence electrons. The number of carbonyl (C=O) groups is 1. The third kappa shape index (κ3) is 3.63. The summed E-state index contributed by atoms with van der Waals surface area (Å²) in [7, 11) is 1.80. The number of rotatable bonds is 3. The summed E-state index contributed by atoms with van der Waals surface area (Å²) in [6, 6.07) is 11.4. The lowest BCUT2D eigenvalue weighted by molar-refractivity contribution is -0.141. The molecule has 6 nitrogen and oxygen atoms in total. The SMILES string of the molecule is Cc1c(Cl)c(C(F)(F)F)nn1-c1cccc(C(=O)Nc2ccc3cn(C)nc3c2)c1. The summed E-state index contributed by atoms with van der Waals surface area (Å²) in [6.45, 7) is 1.43. The Kier molecular flexibility index (Phi) is 4.77. The number of anilines is 1. The lowest BCUT2D eigenvalue weighted by atomic mass is 10.1. The van der Waals surface area contributed by atoms with Gasteiger partial charge in [0.2, 0.25) is 0 Å². The molecule has 4 aromatic rings.